The molecule has 148 valence electrons. The number of hydrogen-bond donors (Lipinski definition) is 2. The monoisotopic (exact) mass is 384 g/mol. The zero-order chi connectivity index (χ0) is 20.5. The summed E-state index contributed by atoms with van der Waals surface area (Å²) in [5.74, 6) is 0.875. The number of benzene rings is 2. The van der Waals surface area contributed by atoms with Crippen LogP contribution >= 0.6 is 0 Å². The Hall–Kier alpha value is -3.48. The molecule has 7 nitrogen and oxygen atoms in total. The number of hydrogen-bond acceptors (Lipinski definition) is 5. The zero-order valence-corrected chi connectivity index (χ0v) is 16.2. The molecule has 0 aliphatic heterocycles. The highest BCUT2D eigenvalue weighted by Gasteiger charge is 2.16. The Morgan fingerprint density at radius 3 is 2.29 bits per heavy atom. The third kappa shape index (κ3) is 5.26. The first-order valence-corrected chi connectivity index (χ1v) is 8.60. The molecule has 0 aliphatic rings. The molecule has 0 spiro atoms. The Bertz CT molecular complexity index is 847. The van der Waals surface area contributed by atoms with Crippen LogP contribution in [-0.2, 0) is 17.6 Å². The largest absolute Gasteiger partial charge is 0.497 e. The van der Waals surface area contributed by atoms with Gasteiger partial charge in [0.1, 0.15) is 5.75 Å². The van der Waals surface area contributed by atoms with Gasteiger partial charge in [0.15, 0.2) is 11.5 Å². The first-order valence-electron chi connectivity index (χ1n) is 8.60. The minimum atomic E-state index is -0.464. The van der Waals surface area contributed by atoms with Crippen molar-refractivity contribution in [1.29, 1.82) is 0 Å². The van der Waals surface area contributed by atoms with Crippen molar-refractivity contribution >= 4 is 11.8 Å². The molecular formula is C21H24N2O5. The number of carbonyl (C=O) groups excluding carboxylic acids is 2. The molecule has 2 amide bonds. The van der Waals surface area contributed by atoms with Crippen LogP contribution in [0.25, 0.3) is 0 Å². The molecule has 2 aromatic rings. The molecule has 28 heavy (non-hydrogen) atoms. The summed E-state index contributed by atoms with van der Waals surface area (Å²) >= 11 is 0. The predicted molar refractivity (Wildman–Crippen MR) is 106 cm³/mol. The average molecular weight is 384 g/mol. The number of carbonyl (C=O) groups is 2. The highest BCUT2D eigenvalue weighted by atomic mass is 16.5. The maximum atomic E-state index is 12.4. The molecule has 0 saturated heterocycles. The fraction of sp³-hybridized carbons (Fsp3) is 0.238. The van der Waals surface area contributed by atoms with Crippen molar-refractivity contribution in [3.05, 3.63) is 65.7 Å². The van der Waals surface area contributed by atoms with Crippen LogP contribution in [0.1, 0.15) is 21.5 Å². The molecule has 0 saturated carbocycles. The molecule has 0 aliphatic carbocycles. The van der Waals surface area contributed by atoms with Crippen LogP contribution < -0.4 is 25.1 Å². The van der Waals surface area contributed by atoms with Crippen molar-refractivity contribution in [2.75, 3.05) is 21.3 Å². The third-order valence-corrected chi connectivity index (χ3v) is 4.02. The molecular weight excluding hydrogens is 360 g/mol. The molecule has 0 radical (unpaired) electrons. The minimum Gasteiger partial charge on any atom is -0.497 e. The smallest absolute Gasteiger partial charge is 0.269 e. The lowest BCUT2D eigenvalue weighted by Crippen LogP contribution is -2.42. The summed E-state index contributed by atoms with van der Waals surface area (Å²) in [7, 11) is 4.60. The van der Waals surface area contributed by atoms with Crippen LogP contribution in [0, 0.1) is 0 Å². The molecule has 0 atom stereocenters. The summed E-state index contributed by atoms with van der Waals surface area (Å²) in [4.78, 5) is 24.5. The molecule has 2 rings (SSSR count). The van der Waals surface area contributed by atoms with Gasteiger partial charge in [0, 0.05) is 11.1 Å². The molecule has 0 heterocycles. The lowest BCUT2D eigenvalue weighted by Gasteiger charge is -2.14. The minimum absolute atomic E-state index is 0.123. The average Bonchev–Trinajstić information content (AvgIpc) is 2.72. The lowest BCUT2D eigenvalue weighted by molar-refractivity contribution is -0.121. The van der Waals surface area contributed by atoms with Gasteiger partial charge in [-0.2, -0.15) is 0 Å². The molecule has 0 fully saturated rings. The summed E-state index contributed by atoms with van der Waals surface area (Å²) in [6, 6.07) is 10.3. The number of ether oxygens (including phenoxy) is 3. The third-order valence-electron chi connectivity index (χ3n) is 4.02. The predicted octanol–water partition coefficient (Wildman–Crippen LogP) is 2.44. The number of nitrogens with one attached hydrogen (secondary N) is 2. The van der Waals surface area contributed by atoms with Crippen molar-refractivity contribution in [2.45, 2.75) is 12.8 Å². The standard InChI is InChI=1S/C21H24N2O5/c1-5-6-15-12-16(13-18(27-3)20(15)28-4)21(25)23-22-19(24)11-14-7-9-17(26-2)10-8-14/h5,7-10,12-13H,1,6,11H2,2-4H3,(H,22,24)(H,23,25). The summed E-state index contributed by atoms with van der Waals surface area (Å²) in [5.41, 5.74) is 6.71. The van der Waals surface area contributed by atoms with E-state index in [4.69, 9.17) is 14.2 Å². The van der Waals surface area contributed by atoms with Crippen LogP contribution in [0.3, 0.4) is 0 Å². The number of methoxy groups -OCH3 is 3. The molecule has 0 bridgehead atoms. The number of allylic oxidation sites excluding steroid dienone is 1. The normalized spacial score (nSPS) is 9.96. The van der Waals surface area contributed by atoms with E-state index in [0.717, 1.165) is 11.1 Å². The number of rotatable bonds is 8. The second-order valence-electron chi connectivity index (χ2n) is 5.89. The van der Waals surface area contributed by atoms with Gasteiger partial charge in [-0.3, -0.25) is 20.4 Å². The van der Waals surface area contributed by atoms with Gasteiger partial charge in [0.25, 0.3) is 5.91 Å². The quantitative estimate of drug-likeness (QED) is 0.539. The summed E-state index contributed by atoms with van der Waals surface area (Å²) in [6.45, 7) is 3.71. The molecule has 2 N–H and O–H groups in total. The van der Waals surface area contributed by atoms with Gasteiger partial charge in [0.05, 0.1) is 27.8 Å². The Kier molecular flexibility index (Phi) is 7.45. The Morgan fingerprint density at radius 1 is 1.00 bits per heavy atom. The van der Waals surface area contributed by atoms with Crippen molar-refractivity contribution in [3.8, 4) is 17.2 Å². The van der Waals surface area contributed by atoms with Gasteiger partial charge in [0.2, 0.25) is 5.91 Å². The maximum absolute atomic E-state index is 12.4. The van der Waals surface area contributed by atoms with E-state index in [1.54, 1.807) is 49.6 Å². The van der Waals surface area contributed by atoms with Crippen molar-refractivity contribution in [1.82, 2.24) is 10.9 Å². The second-order valence-corrected chi connectivity index (χ2v) is 5.89. The summed E-state index contributed by atoms with van der Waals surface area (Å²) in [6.07, 6.45) is 2.33. The van der Waals surface area contributed by atoms with Gasteiger partial charge in [-0.1, -0.05) is 18.2 Å². The maximum Gasteiger partial charge on any atom is 0.269 e. The van der Waals surface area contributed by atoms with E-state index in [9.17, 15) is 9.59 Å². The zero-order valence-electron chi connectivity index (χ0n) is 16.2. The van der Waals surface area contributed by atoms with Crippen LogP contribution in [0.2, 0.25) is 0 Å². The fourth-order valence-electron chi connectivity index (χ4n) is 2.65. The topological polar surface area (TPSA) is 85.9 Å². The van der Waals surface area contributed by atoms with Crippen molar-refractivity contribution < 1.29 is 23.8 Å². The van der Waals surface area contributed by atoms with E-state index in [0.29, 0.717) is 29.2 Å². The molecule has 2 aromatic carbocycles. The van der Waals surface area contributed by atoms with Gasteiger partial charge in [-0.25, -0.2) is 0 Å². The van der Waals surface area contributed by atoms with Crippen LogP contribution in [0.4, 0.5) is 0 Å². The van der Waals surface area contributed by atoms with Gasteiger partial charge in [-0.15, -0.1) is 6.58 Å². The van der Waals surface area contributed by atoms with E-state index < -0.39 is 5.91 Å². The highest BCUT2D eigenvalue weighted by Crippen LogP contribution is 2.33. The van der Waals surface area contributed by atoms with Crippen LogP contribution in [-0.4, -0.2) is 33.1 Å². The van der Waals surface area contributed by atoms with E-state index in [1.807, 2.05) is 0 Å². The molecule has 0 unspecified atom stereocenters. The summed E-state index contributed by atoms with van der Waals surface area (Å²) in [5, 5.41) is 0. The Balaban J connectivity index is 2.04. The van der Waals surface area contributed by atoms with Crippen molar-refractivity contribution in [3.63, 3.8) is 0 Å². The number of hydrazine groups is 1. The van der Waals surface area contributed by atoms with Crippen molar-refractivity contribution in [2.24, 2.45) is 0 Å². The second kappa shape index (κ2) is 10.0. The fourth-order valence-corrected chi connectivity index (χ4v) is 2.65. The first kappa shape index (κ1) is 20.8. The van der Waals surface area contributed by atoms with E-state index in [-0.39, 0.29) is 12.3 Å². The SMILES string of the molecule is C=CCc1cc(C(=O)NNC(=O)Cc2ccc(OC)cc2)cc(OC)c1OC. The van der Waals surface area contributed by atoms with Gasteiger partial charge < -0.3 is 14.2 Å². The summed E-state index contributed by atoms with van der Waals surface area (Å²) < 4.78 is 15.7. The lowest BCUT2D eigenvalue weighted by atomic mass is 10.1. The molecule has 7 heteroatoms. The van der Waals surface area contributed by atoms with E-state index >= 15 is 0 Å². The molecule has 0 aromatic heterocycles. The van der Waals surface area contributed by atoms with Gasteiger partial charge in [-0.05, 0) is 36.2 Å². The van der Waals surface area contributed by atoms with E-state index in [2.05, 4.69) is 17.4 Å². The van der Waals surface area contributed by atoms with Crippen LogP contribution in [0.5, 0.6) is 17.2 Å². The highest BCUT2D eigenvalue weighted by molar-refractivity contribution is 5.96. The number of amides is 2. The first-order chi connectivity index (χ1) is 13.5. The van der Waals surface area contributed by atoms with Crippen LogP contribution in [0.15, 0.2) is 49.1 Å². The Labute approximate surface area is 164 Å². The van der Waals surface area contributed by atoms with Gasteiger partial charge >= 0.3 is 0 Å². The Morgan fingerprint density at radius 2 is 1.71 bits per heavy atom. The van der Waals surface area contributed by atoms with E-state index in [1.165, 1.54) is 14.2 Å².